The maximum atomic E-state index is 9.85. The van der Waals surface area contributed by atoms with Gasteiger partial charge in [0.1, 0.15) is 5.75 Å². The molecule has 21 heavy (non-hydrogen) atoms. The molecular formula is C19H25NO. The van der Waals surface area contributed by atoms with Crippen molar-refractivity contribution in [3.05, 3.63) is 64.7 Å². The van der Waals surface area contributed by atoms with E-state index >= 15 is 0 Å². The van der Waals surface area contributed by atoms with Crippen molar-refractivity contribution >= 4 is 0 Å². The smallest absolute Gasteiger partial charge is 0.121 e. The Kier molecular flexibility index (Phi) is 5.40. The molecule has 0 radical (unpaired) electrons. The molecule has 0 aliphatic carbocycles. The van der Waals surface area contributed by atoms with Crippen molar-refractivity contribution in [2.45, 2.75) is 46.2 Å². The molecule has 2 aromatic rings. The molecule has 2 N–H and O–H groups in total. The van der Waals surface area contributed by atoms with E-state index in [9.17, 15) is 5.11 Å². The summed E-state index contributed by atoms with van der Waals surface area (Å²) in [7, 11) is 0. The highest BCUT2D eigenvalue weighted by atomic mass is 16.3. The van der Waals surface area contributed by atoms with Crippen molar-refractivity contribution < 1.29 is 5.11 Å². The number of phenols is 1. The minimum Gasteiger partial charge on any atom is -0.507 e. The van der Waals surface area contributed by atoms with Crippen LogP contribution in [0.4, 0.5) is 0 Å². The average Bonchev–Trinajstić information content (AvgIpc) is 2.49. The van der Waals surface area contributed by atoms with Crippen LogP contribution in [-0.4, -0.2) is 5.11 Å². The van der Waals surface area contributed by atoms with Crippen molar-refractivity contribution in [1.29, 1.82) is 0 Å². The van der Waals surface area contributed by atoms with Crippen LogP contribution in [0.25, 0.3) is 0 Å². The largest absolute Gasteiger partial charge is 0.507 e. The Labute approximate surface area is 127 Å². The van der Waals surface area contributed by atoms with E-state index in [0.717, 1.165) is 30.5 Å². The summed E-state index contributed by atoms with van der Waals surface area (Å²) in [5.41, 5.74) is 4.45. The molecule has 0 saturated heterocycles. The predicted molar refractivity (Wildman–Crippen MR) is 88.5 cm³/mol. The third-order valence-electron chi connectivity index (χ3n) is 3.88. The highest BCUT2D eigenvalue weighted by Gasteiger charge is 2.10. The number of hydrogen-bond acceptors (Lipinski definition) is 2. The van der Waals surface area contributed by atoms with Gasteiger partial charge in [0.05, 0.1) is 0 Å². The summed E-state index contributed by atoms with van der Waals surface area (Å²) in [5, 5.41) is 13.5. The van der Waals surface area contributed by atoms with E-state index in [1.807, 2.05) is 13.8 Å². The van der Waals surface area contributed by atoms with E-state index in [4.69, 9.17) is 0 Å². The average molecular weight is 283 g/mol. The summed E-state index contributed by atoms with van der Waals surface area (Å²) in [6.07, 6.45) is 2.28. The SMILES string of the molecule is CCCC(NCc1cc(C)c(O)c(C)c1)c1ccccc1. The van der Waals surface area contributed by atoms with Crippen LogP contribution in [0, 0.1) is 13.8 Å². The van der Waals surface area contributed by atoms with E-state index in [1.165, 1.54) is 11.1 Å². The fraction of sp³-hybridized carbons (Fsp3) is 0.368. The fourth-order valence-electron chi connectivity index (χ4n) is 2.75. The monoisotopic (exact) mass is 283 g/mol. The summed E-state index contributed by atoms with van der Waals surface area (Å²) in [5.74, 6) is 0.409. The van der Waals surface area contributed by atoms with Crippen molar-refractivity contribution in [2.24, 2.45) is 0 Å². The lowest BCUT2D eigenvalue weighted by atomic mass is 10.0. The second-order valence-corrected chi connectivity index (χ2v) is 5.71. The maximum Gasteiger partial charge on any atom is 0.121 e. The molecule has 0 heterocycles. The normalized spacial score (nSPS) is 12.3. The summed E-state index contributed by atoms with van der Waals surface area (Å²) in [6.45, 7) is 6.94. The molecule has 0 aromatic heterocycles. The van der Waals surface area contributed by atoms with Crippen LogP contribution in [-0.2, 0) is 6.54 Å². The van der Waals surface area contributed by atoms with Crippen molar-refractivity contribution in [1.82, 2.24) is 5.32 Å². The van der Waals surface area contributed by atoms with Gasteiger partial charge in [-0.3, -0.25) is 0 Å². The van der Waals surface area contributed by atoms with Crippen LogP contribution >= 0.6 is 0 Å². The molecule has 0 saturated carbocycles. The molecule has 0 amide bonds. The number of aryl methyl sites for hydroxylation is 2. The van der Waals surface area contributed by atoms with E-state index < -0.39 is 0 Å². The van der Waals surface area contributed by atoms with Crippen LogP contribution in [0.3, 0.4) is 0 Å². The van der Waals surface area contributed by atoms with E-state index in [-0.39, 0.29) is 0 Å². The molecule has 0 aliphatic heterocycles. The predicted octanol–water partition coefficient (Wildman–Crippen LogP) is 4.64. The van der Waals surface area contributed by atoms with E-state index in [2.05, 4.69) is 54.7 Å². The lowest BCUT2D eigenvalue weighted by molar-refractivity contribution is 0.465. The van der Waals surface area contributed by atoms with Gasteiger partial charge in [-0.2, -0.15) is 0 Å². The first kappa shape index (κ1) is 15.6. The van der Waals surface area contributed by atoms with Gasteiger partial charge >= 0.3 is 0 Å². The highest BCUT2D eigenvalue weighted by molar-refractivity contribution is 5.42. The highest BCUT2D eigenvalue weighted by Crippen LogP contribution is 2.24. The Morgan fingerprint density at radius 1 is 1.05 bits per heavy atom. The molecule has 112 valence electrons. The topological polar surface area (TPSA) is 32.3 Å². The number of nitrogens with one attached hydrogen (secondary N) is 1. The fourth-order valence-corrected chi connectivity index (χ4v) is 2.75. The van der Waals surface area contributed by atoms with Crippen LogP contribution in [0.1, 0.15) is 48.1 Å². The first-order chi connectivity index (χ1) is 10.1. The first-order valence-electron chi connectivity index (χ1n) is 7.69. The first-order valence-corrected chi connectivity index (χ1v) is 7.69. The molecule has 2 heteroatoms. The zero-order valence-corrected chi connectivity index (χ0v) is 13.2. The number of rotatable bonds is 6. The Balaban J connectivity index is 2.09. The van der Waals surface area contributed by atoms with Gasteiger partial charge in [0.25, 0.3) is 0 Å². The standard InChI is InChI=1S/C19H25NO/c1-4-8-18(17-9-6-5-7-10-17)20-13-16-11-14(2)19(21)15(3)12-16/h5-7,9-12,18,20-21H,4,8,13H2,1-3H3. The lowest BCUT2D eigenvalue weighted by Crippen LogP contribution is -2.20. The third-order valence-corrected chi connectivity index (χ3v) is 3.88. The summed E-state index contributed by atoms with van der Waals surface area (Å²) in [4.78, 5) is 0. The van der Waals surface area contributed by atoms with Gasteiger partial charge in [0, 0.05) is 12.6 Å². The Hall–Kier alpha value is -1.80. The second kappa shape index (κ2) is 7.28. The van der Waals surface area contributed by atoms with Gasteiger partial charge in [-0.1, -0.05) is 55.8 Å². The van der Waals surface area contributed by atoms with Crippen molar-refractivity contribution in [3.8, 4) is 5.75 Å². The zero-order valence-electron chi connectivity index (χ0n) is 13.2. The molecule has 1 atom stereocenters. The maximum absolute atomic E-state index is 9.85. The molecule has 2 nitrogen and oxygen atoms in total. The number of aromatic hydroxyl groups is 1. The van der Waals surface area contributed by atoms with Crippen LogP contribution in [0.15, 0.2) is 42.5 Å². The van der Waals surface area contributed by atoms with Crippen molar-refractivity contribution in [3.63, 3.8) is 0 Å². The number of benzene rings is 2. The van der Waals surface area contributed by atoms with Crippen LogP contribution in [0.5, 0.6) is 5.75 Å². The Morgan fingerprint density at radius 3 is 2.24 bits per heavy atom. The van der Waals surface area contributed by atoms with Gasteiger partial charge in [-0.05, 0) is 42.5 Å². The molecule has 1 unspecified atom stereocenters. The minimum atomic E-state index is 0.380. The summed E-state index contributed by atoms with van der Waals surface area (Å²) >= 11 is 0. The van der Waals surface area contributed by atoms with Gasteiger partial charge < -0.3 is 10.4 Å². The molecular weight excluding hydrogens is 258 g/mol. The Morgan fingerprint density at radius 2 is 1.67 bits per heavy atom. The third kappa shape index (κ3) is 4.08. The van der Waals surface area contributed by atoms with Gasteiger partial charge in [0.2, 0.25) is 0 Å². The lowest BCUT2D eigenvalue weighted by Gasteiger charge is -2.19. The Bertz CT molecular complexity index is 554. The second-order valence-electron chi connectivity index (χ2n) is 5.71. The van der Waals surface area contributed by atoms with Gasteiger partial charge in [-0.25, -0.2) is 0 Å². The van der Waals surface area contributed by atoms with Gasteiger partial charge in [0.15, 0.2) is 0 Å². The number of phenolic OH excluding ortho intramolecular Hbond substituents is 1. The van der Waals surface area contributed by atoms with Crippen molar-refractivity contribution in [2.75, 3.05) is 0 Å². The van der Waals surface area contributed by atoms with Gasteiger partial charge in [-0.15, -0.1) is 0 Å². The molecule has 2 rings (SSSR count). The summed E-state index contributed by atoms with van der Waals surface area (Å²) in [6, 6.07) is 15.1. The molecule has 0 spiro atoms. The van der Waals surface area contributed by atoms with Crippen LogP contribution in [0.2, 0.25) is 0 Å². The molecule has 0 bridgehead atoms. The zero-order chi connectivity index (χ0) is 15.2. The molecule has 0 fully saturated rings. The summed E-state index contributed by atoms with van der Waals surface area (Å²) < 4.78 is 0. The minimum absolute atomic E-state index is 0.380. The number of hydrogen-bond donors (Lipinski definition) is 2. The van der Waals surface area contributed by atoms with Crippen LogP contribution < -0.4 is 5.32 Å². The molecule has 0 aliphatic rings. The van der Waals surface area contributed by atoms with E-state index in [0.29, 0.717) is 11.8 Å². The van der Waals surface area contributed by atoms with E-state index in [1.54, 1.807) is 0 Å². The quantitative estimate of drug-likeness (QED) is 0.809. The molecule has 2 aromatic carbocycles.